The maximum absolute atomic E-state index is 12.8. The van der Waals surface area contributed by atoms with Crippen LogP contribution in [0.4, 0.5) is 0 Å². The van der Waals surface area contributed by atoms with Gasteiger partial charge in [-0.05, 0) is 49.9 Å². The van der Waals surface area contributed by atoms with Crippen LogP contribution >= 0.6 is 0 Å². The highest BCUT2D eigenvalue weighted by Gasteiger charge is 2.36. The number of ether oxygens (including phenoxy) is 1. The predicted octanol–water partition coefficient (Wildman–Crippen LogP) is 3.04. The van der Waals surface area contributed by atoms with Crippen molar-refractivity contribution in [2.75, 3.05) is 13.2 Å². The Balaban J connectivity index is 1.43. The normalized spacial score (nSPS) is 18.2. The summed E-state index contributed by atoms with van der Waals surface area (Å²) in [5.74, 6) is -1.75. The molecule has 1 fully saturated rings. The standard InChI is InChI=1S/C24H24N2O5/c1-16-7-5-6-12-25(16)21(27)15-31-24(30)18-10-11-19-20(13-18)23(29)26(22(19)28)14-17-8-3-2-4-9-17/h2-4,8-11,13,16H,5-7,12,14-15H2,1H3/t16-/m0/s1. The summed E-state index contributed by atoms with van der Waals surface area (Å²) < 4.78 is 5.20. The van der Waals surface area contributed by atoms with Crippen molar-refractivity contribution < 1.29 is 23.9 Å². The fourth-order valence-corrected chi connectivity index (χ4v) is 4.09. The smallest absolute Gasteiger partial charge is 0.338 e. The Morgan fingerprint density at radius 1 is 1.00 bits per heavy atom. The molecule has 0 spiro atoms. The number of benzene rings is 2. The van der Waals surface area contributed by atoms with Crippen molar-refractivity contribution in [1.29, 1.82) is 0 Å². The number of amides is 3. The van der Waals surface area contributed by atoms with Crippen LogP contribution in [0.25, 0.3) is 0 Å². The molecular formula is C24H24N2O5. The third-order valence-corrected chi connectivity index (χ3v) is 5.84. The maximum atomic E-state index is 12.8. The van der Waals surface area contributed by atoms with Gasteiger partial charge in [0.05, 0.1) is 23.2 Å². The minimum Gasteiger partial charge on any atom is -0.452 e. The van der Waals surface area contributed by atoms with Gasteiger partial charge in [0.1, 0.15) is 0 Å². The molecule has 2 aromatic rings. The average Bonchev–Trinajstić information content (AvgIpc) is 3.02. The number of nitrogens with zero attached hydrogens (tertiary/aromatic N) is 2. The zero-order valence-corrected chi connectivity index (χ0v) is 17.4. The summed E-state index contributed by atoms with van der Waals surface area (Å²) >= 11 is 0. The molecule has 4 rings (SSSR count). The van der Waals surface area contributed by atoms with Gasteiger partial charge >= 0.3 is 5.97 Å². The van der Waals surface area contributed by atoms with Gasteiger partial charge in [-0.2, -0.15) is 0 Å². The number of rotatable bonds is 5. The van der Waals surface area contributed by atoms with Gasteiger partial charge in [0.2, 0.25) is 0 Å². The molecule has 0 aromatic heterocycles. The van der Waals surface area contributed by atoms with Crippen molar-refractivity contribution in [3.63, 3.8) is 0 Å². The second-order valence-corrected chi connectivity index (χ2v) is 7.95. The first kappa shape index (κ1) is 20.8. The monoisotopic (exact) mass is 420 g/mol. The largest absolute Gasteiger partial charge is 0.452 e. The second kappa shape index (κ2) is 8.71. The molecule has 2 aliphatic heterocycles. The van der Waals surface area contributed by atoms with Crippen molar-refractivity contribution in [3.8, 4) is 0 Å². The molecular weight excluding hydrogens is 396 g/mol. The molecule has 2 aromatic carbocycles. The Hall–Kier alpha value is -3.48. The number of esters is 1. The topological polar surface area (TPSA) is 84.0 Å². The van der Waals surface area contributed by atoms with Gasteiger partial charge in [-0.15, -0.1) is 0 Å². The van der Waals surface area contributed by atoms with E-state index < -0.39 is 17.8 Å². The van der Waals surface area contributed by atoms with Crippen LogP contribution in [0.15, 0.2) is 48.5 Å². The molecule has 7 nitrogen and oxygen atoms in total. The lowest BCUT2D eigenvalue weighted by Crippen LogP contribution is -2.44. The minimum atomic E-state index is -0.692. The molecule has 3 amide bonds. The highest BCUT2D eigenvalue weighted by Crippen LogP contribution is 2.26. The summed E-state index contributed by atoms with van der Waals surface area (Å²) in [7, 11) is 0. The van der Waals surface area contributed by atoms with E-state index in [0.29, 0.717) is 6.54 Å². The average molecular weight is 420 g/mol. The molecule has 0 unspecified atom stereocenters. The number of hydrogen-bond donors (Lipinski definition) is 0. The summed E-state index contributed by atoms with van der Waals surface area (Å²) in [4.78, 5) is 53.2. The van der Waals surface area contributed by atoms with Crippen molar-refractivity contribution in [2.45, 2.75) is 38.8 Å². The van der Waals surface area contributed by atoms with Crippen LogP contribution in [-0.4, -0.2) is 52.7 Å². The minimum absolute atomic E-state index is 0.138. The van der Waals surface area contributed by atoms with Crippen molar-refractivity contribution >= 4 is 23.7 Å². The number of carbonyl (C=O) groups is 4. The van der Waals surface area contributed by atoms with E-state index in [1.807, 2.05) is 37.3 Å². The van der Waals surface area contributed by atoms with Crippen LogP contribution in [0, 0.1) is 0 Å². The molecule has 0 saturated carbocycles. The Labute approximate surface area is 180 Å². The molecule has 2 heterocycles. The fourth-order valence-electron chi connectivity index (χ4n) is 4.09. The zero-order chi connectivity index (χ0) is 22.0. The Kier molecular flexibility index (Phi) is 5.84. The summed E-state index contributed by atoms with van der Waals surface area (Å²) in [5.41, 5.74) is 1.41. The van der Waals surface area contributed by atoms with E-state index in [9.17, 15) is 19.2 Å². The number of hydrogen-bond acceptors (Lipinski definition) is 5. The third-order valence-electron chi connectivity index (χ3n) is 5.84. The summed E-state index contributed by atoms with van der Waals surface area (Å²) in [5, 5.41) is 0. The van der Waals surface area contributed by atoms with E-state index in [-0.39, 0.29) is 41.8 Å². The van der Waals surface area contributed by atoms with Gasteiger partial charge in [-0.25, -0.2) is 4.79 Å². The van der Waals surface area contributed by atoms with Crippen LogP contribution in [0.3, 0.4) is 0 Å². The lowest BCUT2D eigenvalue weighted by atomic mass is 10.0. The lowest BCUT2D eigenvalue weighted by molar-refractivity contribution is -0.137. The van der Waals surface area contributed by atoms with Crippen LogP contribution in [0.1, 0.15) is 62.8 Å². The van der Waals surface area contributed by atoms with Gasteiger partial charge in [0.25, 0.3) is 17.7 Å². The van der Waals surface area contributed by atoms with Gasteiger partial charge in [0, 0.05) is 12.6 Å². The van der Waals surface area contributed by atoms with Crippen LogP contribution < -0.4 is 0 Å². The SMILES string of the molecule is C[C@H]1CCCCN1C(=O)COC(=O)c1ccc2c(c1)C(=O)N(Cc1ccccc1)C2=O. The fraction of sp³-hybridized carbons (Fsp3) is 0.333. The zero-order valence-electron chi connectivity index (χ0n) is 17.4. The summed E-state index contributed by atoms with van der Waals surface area (Å²) in [6.07, 6.45) is 2.98. The van der Waals surface area contributed by atoms with Crippen LogP contribution in [0.2, 0.25) is 0 Å². The van der Waals surface area contributed by atoms with Gasteiger partial charge in [0.15, 0.2) is 6.61 Å². The van der Waals surface area contributed by atoms with E-state index in [4.69, 9.17) is 4.74 Å². The van der Waals surface area contributed by atoms with E-state index in [1.165, 1.54) is 18.2 Å². The molecule has 0 N–H and O–H groups in total. The highest BCUT2D eigenvalue weighted by molar-refractivity contribution is 6.21. The molecule has 2 aliphatic rings. The first-order valence-electron chi connectivity index (χ1n) is 10.5. The first-order valence-corrected chi connectivity index (χ1v) is 10.5. The maximum Gasteiger partial charge on any atom is 0.338 e. The molecule has 160 valence electrons. The second-order valence-electron chi connectivity index (χ2n) is 7.95. The number of fused-ring (bicyclic) bond motifs is 1. The van der Waals surface area contributed by atoms with Crippen LogP contribution in [0.5, 0.6) is 0 Å². The predicted molar refractivity (Wildman–Crippen MR) is 112 cm³/mol. The Bertz CT molecular complexity index is 1030. The number of piperidine rings is 1. The van der Waals surface area contributed by atoms with Crippen molar-refractivity contribution in [1.82, 2.24) is 9.80 Å². The number of imide groups is 1. The van der Waals surface area contributed by atoms with E-state index in [0.717, 1.165) is 29.7 Å². The number of carbonyl (C=O) groups excluding carboxylic acids is 4. The molecule has 0 radical (unpaired) electrons. The lowest BCUT2D eigenvalue weighted by Gasteiger charge is -2.33. The molecule has 0 bridgehead atoms. The first-order chi connectivity index (χ1) is 15.0. The third kappa shape index (κ3) is 4.21. The highest BCUT2D eigenvalue weighted by atomic mass is 16.5. The van der Waals surface area contributed by atoms with Crippen molar-refractivity contribution in [3.05, 3.63) is 70.8 Å². The van der Waals surface area contributed by atoms with Crippen molar-refractivity contribution in [2.24, 2.45) is 0 Å². The van der Waals surface area contributed by atoms with E-state index in [2.05, 4.69) is 0 Å². The van der Waals surface area contributed by atoms with Gasteiger partial charge < -0.3 is 9.64 Å². The molecule has 31 heavy (non-hydrogen) atoms. The summed E-state index contributed by atoms with van der Waals surface area (Å²) in [6, 6.07) is 13.6. The quantitative estimate of drug-likeness (QED) is 0.548. The van der Waals surface area contributed by atoms with E-state index >= 15 is 0 Å². The van der Waals surface area contributed by atoms with E-state index in [1.54, 1.807) is 4.90 Å². The summed E-state index contributed by atoms with van der Waals surface area (Å²) in [6.45, 7) is 2.48. The van der Waals surface area contributed by atoms with Gasteiger partial charge in [-0.3, -0.25) is 19.3 Å². The Morgan fingerprint density at radius 3 is 2.48 bits per heavy atom. The van der Waals surface area contributed by atoms with Gasteiger partial charge in [-0.1, -0.05) is 30.3 Å². The number of likely N-dealkylation sites (tertiary alicyclic amines) is 1. The molecule has 7 heteroatoms. The molecule has 0 aliphatic carbocycles. The molecule has 1 atom stereocenters. The Morgan fingerprint density at radius 2 is 1.74 bits per heavy atom. The molecule has 1 saturated heterocycles. The van der Waals surface area contributed by atoms with Crippen LogP contribution in [-0.2, 0) is 16.1 Å².